The molecule has 1 fully saturated rings. The predicted octanol–water partition coefficient (Wildman–Crippen LogP) is 1.57. The van der Waals surface area contributed by atoms with E-state index in [4.69, 9.17) is 10.5 Å². The van der Waals surface area contributed by atoms with E-state index in [0.29, 0.717) is 12.5 Å². The van der Waals surface area contributed by atoms with Gasteiger partial charge in [-0.05, 0) is 43.6 Å². The Morgan fingerprint density at radius 3 is 3.06 bits per heavy atom. The summed E-state index contributed by atoms with van der Waals surface area (Å²) in [5.74, 6) is 1.72. The number of nitrogens with two attached hydrogens (primary N) is 1. The summed E-state index contributed by atoms with van der Waals surface area (Å²) in [7, 11) is 1.37. The summed E-state index contributed by atoms with van der Waals surface area (Å²) in [5, 5.41) is 0. The molecule has 2 atom stereocenters. The molecule has 17 heavy (non-hydrogen) atoms. The molecule has 0 aromatic heterocycles. The van der Waals surface area contributed by atoms with Crippen LogP contribution in [0, 0.1) is 0 Å². The van der Waals surface area contributed by atoms with E-state index in [0.717, 1.165) is 24.5 Å². The van der Waals surface area contributed by atoms with Gasteiger partial charge in [0.25, 0.3) is 0 Å². The van der Waals surface area contributed by atoms with E-state index in [2.05, 4.69) is 4.74 Å². The molecule has 4 nitrogen and oxygen atoms in total. The largest absolute Gasteiger partial charge is 0.468 e. The fraction of sp³-hybridized carbons (Fsp3) is 0.917. The summed E-state index contributed by atoms with van der Waals surface area (Å²) in [4.78, 5) is 11.0. The SMILES string of the molecule is COC(=O)C(N)CCSCCCC1CCCO1. The van der Waals surface area contributed by atoms with Gasteiger partial charge in [0.2, 0.25) is 0 Å². The molecule has 2 N–H and O–H groups in total. The van der Waals surface area contributed by atoms with Gasteiger partial charge in [0, 0.05) is 6.61 Å². The Morgan fingerprint density at radius 1 is 1.59 bits per heavy atom. The van der Waals surface area contributed by atoms with Crippen molar-refractivity contribution in [1.82, 2.24) is 0 Å². The molecular formula is C12H23NO3S. The van der Waals surface area contributed by atoms with Crippen LogP contribution in [0.2, 0.25) is 0 Å². The molecule has 1 rings (SSSR count). The number of ether oxygens (including phenoxy) is 2. The van der Waals surface area contributed by atoms with Crippen LogP contribution >= 0.6 is 11.8 Å². The highest BCUT2D eigenvalue weighted by molar-refractivity contribution is 7.99. The van der Waals surface area contributed by atoms with Gasteiger partial charge in [0.05, 0.1) is 13.2 Å². The Balaban J connectivity index is 1.88. The maximum atomic E-state index is 11.0. The monoisotopic (exact) mass is 261 g/mol. The Labute approximate surface area is 108 Å². The molecule has 0 spiro atoms. The predicted molar refractivity (Wildman–Crippen MR) is 70.1 cm³/mol. The first-order chi connectivity index (χ1) is 8.24. The van der Waals surface area contributed by atoms with Crippen LogP contribution in [-0.4, -0.2) is 43.3 Å². The van der Waals surface area contributed by atoms with E-state index in [1.165, 1.54) is 26.4 Å². The number of carbonyl (C=O) groups excluding carboxylic acids is 1. The van der Waals surface area contributed by atoms with Crippen molar-refractivity contribution < 1.29 is 14.3 Å². The van der Waals surface area contributed by atoms with Crippen LogP contribution in [0.15, 0.2) is 0 Å². The van der Waals surface area contributed by atoms with Gasteiger partial charge in [-0.15, -0.1) is 0 Å². The number of carbonyl (C=O) groups is 1. The summed E-state index contributed by atoms with van der Waals surface area (Å²) in [6, 6.07) is -0.467. The number of thioether (sulfide) groups is 1. The first-order valence-corrected chi connectivity index (χ1v) is 7.42. The fourth-order valence-corrected chi connectivity index (χ4v) is 2.86. The average molecular weight is 261 g/mol. The Hall–Kier alpha value is -0.260. The summed E-state index contributed by atoms with van der Waals surface area (Å²) >= 11 is 1.85. The Bertz CT molecular complexity index is 220. The lowest BCUT2D eigenvalue weighted by Crippen LogP contribution is -2.32. The molecule has 0 aromatic carbocycles. The van der Waals surface area contributed by atoms with Gasteiger partial charge >= 0.3 is 5.97 Å². The van der Waals surface area contributed by atoms with Crippen molar-refractivity contribution in [1.29, 1.82) is 0 Å². The summed E-state index contributed by atoms with van der Waals surface area (Å²) < 4.78 is 10.1. The molecule has 2 unspecified atom stereocenters. The smallest absolute Gasteiger partial charge is 0.322 e. The van der Waals surface area contributed by atoms with Gasteiger partial charge in [0.15, 0.2) is 0 Å². The maximum absolute atomic E-state index is 11.0. The molecule has 0 saturated carbocycles. The summed E-state index contributed by atoms with van der Waals surface area (Å²) in [6.45, 7) is 0.936. The first-order valence-electron chi connectivity index (χ1n) is 6.26. The third-order valence-corrected chi connectivity index (χ3v) is 4.02. The minimum Gasteiger partial charge on any atom is -0.468 e. The molecule has 0 amide bonds. The van der Waals surface area contributed by atoms with Crippen LogP contribution in [0.4, 0.5) is 0 Å². The van der Waals surface area contributed by atoms with Gasteiger partial charge < -0.3 is 15.2 Å². The second kappa shape index (κ2) is 8.78. The third kappa shape index (κ3) is 6.29. The molecule has 0 bridgehead atoms. The van der Waals surface area contributed by atoms with E-state index in [9.17, 15) is 4.79 Å². The molecule has 0 aromatic rings. The minimum absolute atomic E-state index is 0.315. The van der Waals surface area contributed by atoms with Crippen LogP contribution in [0.1, 0.15) is 32.1 Å². The van der Waals surface area contributed by atoms with Crippen LogP contribution in [0.5, 0.6) is 0 Å². The van der Waals surface area contributed by atoms with Crippen LogP contribution in [-0.2, 0) is 14.3 Å². The minimum atomic E-state index is -0.467. The lowest BCUT2D eigenvalue weighted by Gasteiger charge is -2.10. The highest BCUT2D eigenvalue weighted by Crippen LogP contribution is 2.18. The lowest BCUT2D eigenvalue weighted by molar-refractivity contribution is -0.142. The highest BCUT2D eigenvalue weighted by atomic mass is 32.2. The molecule has 1 heterocycles. The zero-order valence-corrected chi connectivity index (χ0v) is 11.3. The maximum Gasteiger partial charge on any atom is 0.322 e. The number of hydrogen-bond donors (Lipinski definition) is 1. The van der Waals surface area contributed by atoms with Gasteiger partial charge in [-0.3, -0.25) is 4.79 Å². The van der Waals surface area contributed by atoms with Crippen molar-refractivity contribution in [2.75, 3.05) is 25.2 Å². The van der Waals surface area contributed by atoms with Crippen molar-refractivity contribution in [3.05, 3.63) is 0 Å². The van der Waals surface area contributed by atoms with E-state index < -0.39 is 6.04 Å². The van der Waals surface area contributed by atoms with Crippen molar-refractivity contribution >= 4 is 17.7 Å². The number of esters is 1. The van der Waals surface area contributed by atoms with Gasteiger partial charge in [0.1, 0.15) is 6.04 Å². The molecular weight excluding hydrogens is 238 g/mol. The standard InChI is InChI=1S/C12H23NO3S/c1-15-12(14)11(13)6-9-17-8-3-5-10-4-2-7-16-10/h10-11H,2-9,13H2,1H3. The highest BCUT2D eigenvalue weighted by Gasteiger charge is 2.15. The topological polar surface area (TPSA) is 61.5 Å². The van der Waals surface area contributed by atoms with Crippen molar-refractivity contribution in [3.8, 4) is 0 Å². The summed E-state index contributed by atoms with van der Waals surface area (Å²) in [6.07, 6.45) is 5.97. The van der Waals surface area contributed by atoms with Gasteiger partial charge in [-0.2, -0.15) is 11.8 Å². The Kier molecular flexibility index (Phi) is 7.64. The number of hydrogen-bond acceptors (Lipinski definition) is 5. The Morgan fingerprint density at radius 2 is 2.41 bits per heavy atom. The second-order valence-electron chi connectivity index (χ2n) is 4.31. The fourth-order valence-electron chi connectivity index (χ4n) is 1.87. The van der Waals surface area contributed by atoms with Crippen molar-refractivity contribution in [3.63, 3.8) is 0 Å². The van der Waals surface area contributed by atoms with E-state index in [1.807, 2.05) is 11.8 Å². The normalized spacial score (nSPS) is 21.4. The number of methoxy groups -OCH3 is 1. The molecule has 5 heteroatoms. The second-order valence-corrected chi connectivity index (χ2v) is 5.53. The zero-order valence-electron chi connectivity index (χ0n) is 10.5. The van der Waals surface area contributed by atoms with E-state index in [1.54, 1.807) is 0 Å². The van der Waals surface area contributed by atoms with Crippen LogP contribution in [0.3, 0.4) is 0 Å². The van der Waals surface area contributed by atoms with Crippen LogP contribution in [0.25, 0.3) is 0 Å². The quantitative estimate of drug-likeness (QED) is 0.531. The third-order valence-electron chi connectivity index (χ3n) is 2.92. The summed E-state index contributed by atoms with van der Waals surface area (Å²) in [5.41, 5.74) is 5.63. The number of rotatable bonds is 8. The van der Waals surface area contributed by atoms with Crippen molar-refractivity contribution in [2.24, 2.45) is 5.73 Å². The molecule has 1 aliphatic rings. The first kappa shape index (κ1) is 14.8. The molecule has 0 aliphatic carbocycles. The molecule has 0 radical (unpaired) electrons. The van der Waals surface area contributed by atoms with Gasteiger partial charge in [-0.1, -0.05) is 0 Å². The average Bonchev–Trinajstić information content (AvgIpc) is 2.85. The lowest BCUT2D eigenvalue weighted by atomic mass is 10.1. The molecule has 100 valence electrons. The zero-order chi connectivity index (χ0) is 12.5. The van der Waals surface area contributed by atoms with Crippen LogP contribution < -0.4 is 5.73 Å². The van der Waals surface area contributed by atoms with E-state index in [-0.39, 0.29) is 5.97 Å². The molecule has 1 aliphatic heterocycles. The molecule has 1 saturated heterocycles. The van der Waals surface area contributed by atoms with Crippen molar-refractivity contribution in [2.45, 2.75) is 44.2 Å². The van der Waals surface area contributed by atoms with E-state index >= 15 is 0 Å². The van der Waals surface area contributed by atoms with Gasteiger partial charge in [-0.25, -0.2) is 0 Å².